The van der Waals surface area contributed by atoms with E-state index in [0.717, 1.165) is 27.1 Å². The maximum Gasteiger partial charge on any atom is 0.178 e. The molecule has 3 rings (SSSR count). The molecule has 1 aromatic heterocycles. The molecule has 2 aromatic carbocycles. The molecule has 1 N–H and O–H groups in total. The predicted molar refractivity (Wildman–Crippen MR) is 99.1 cm³/mol. The minimum absolute atomic E-state index is 0.0703. The first-order valence-electron chi connectivity index (χ1n) is 7.21. The Morgan fingerprint density at radius 2 is 1.74 bits per heavy atom. The monoisotopic (exact) mass is 363 g/mol. The van der Waals surface area contributed by atoms with Gasteiger partial charge in [0.15, 0.2) is 5.78 Å². The van der Waals surface area contributed by atoms with Gasteiger partial charge in [0, 0.05) is 27.1 Å². The van der Waals surface area contributed by atoms with Crippen molar-refractivity contribution in [2.24, 2.45) is 0 Å². The minimum atomic E-state index is -0.287. The molecule has 0 amide bonds. The van der Waals surface area contributed by atoms with Gasteiger partial charge in [-0.25, -0.2) is 0 Å². The quantitative estimate of drug-likeness (QED) is 0.445. The highest BCUT2D eigenvalue weighted by molar-refractivity contribution is 8.00. The zero-order valence-electron chi connectivity index (χ0n) is 12.7. The Morgan fingerprint density at radius 3 is 2.43 bits per heavy atom. The third-order valence-electron chi connectivity index (χ3n) is 3.72. The van der Waals surface area contributed by atoms with E-state index in [2.05, 4.69) is 4.98 Å². The van der Waals surface area contributed by atoms with Gasteiger partial charge in [-0.2, -0.15) is 0 Å². The number of H-pyrrole nitrogens is 1. The Labute approximate surface area is 149 Å². The number of thioether (sulfide) groups is 1. The first kappa shape index (κ1) is 16.4. The number of fused-ring (bicyclic) bond motifs is 1. The van der Waals surface area contributed by atoms with Crippen LogP contribution in [-0.4, -0.2) is 16.0 Å². The molecule has 23 heavy (non-hydrogen) atoms. The van der Waals surface area contributed by atoms with Crippen molar-refractivity contribution in [1.29, 1.82) is 0 Å². The predicted octanol–water partition coefficient (Wildman–Crippen LogP) is 6.15. The smallest absolute Gasteiger partial charge is 0.178 e. The van der Waals surface area contributed by atoms with Crippen LogP contribution in [0.15, 0.2) is 47.4 Å². The van der Waals surface area contributed by atoms with Crippen LogP contribution in [0.3, 0.4) is 0 Å². The number of halogens is 2. The molecule has 0 aliphatic heterocycles. The minimum Gasteiger partial charge on any atom is -0.358 e. The van der Waals surface area contributed by atoms with Crippen molar-refractivity contribution in [1.82, 2.24) is 4.98 Å². The summed E-state index contributed by atoms with van der Waals surface area (Å²) >= 11 is 13.8. The topological polar surface area (TPSA) is 32.9 Å². The SMILES string of the molecule is Cc1[nH]c2ccccc2c1C(=O)[C@@H](C)Sc1c(Cl)cccc1Cl. The van der Waals surface area contributed by atoms with Crippen molar-refractivity contribution in [2.75, 3.05) is 0 Å². The Hall–Kier alpha value is -1.42. The van der Waals surface area contributed by atoms with Crippen LogP contribution in [-0.2, 0) is 0 Å². The maximum atomic E-state index is 12.9. The number of para-hydroxylation sites is 1. The lowest BCUT2D eigenvalue weighted by Gasteiger charge is -2.13. The van der Waals surface area contributed by atoms with Crippen LogP contribution in [0.25, 0.3) is 10.9 Å². The molecule has 118 valence electrons. The highest BCUT2D eigenvalue weighted by Gasteiger charge is 2.23. The summed E-state index contributed by atoms with van der Waals surface area (Å²) in [7, 11) is 0. The molecule has 0 bridgehead atoms. The molecular formula is C18H15Cl2NOS. The standard InChI is InChI=1S/C18H15Cl2NOS/c1-10-16(12-6-3-4-9-15(12)21-10)17(22)11(2)23-18-13(19)7-5-8-14(18)20/h3-9,11,21H,1-2H3/t11-/m1/s1. The van der Waals surface area contributed by atoms with E-state index in [1.807, 2.05) is 38.1 Å². The molecule has 0 spiro atoms. The zero-order chi connectivity index (χ0) is 16.6. The van der Waals surface area contributed by atoms with Gasteiger partial charge < -0.3 is 4.98 Å². The fourth-order valence-electron chi connectivity index (χ4n) is 2.62. The lowest BCUT2D eigenvalue weighted by molar-refractivity contribution is 0.0995. The van der Waals surface area contributed by atoms with Crippen LogP contribution < -0.4 is 0 Å². The second-order valence-corrected chi connectivity index (χ2v) is 7.51. The summed E-state index contributed by atoms with van der Waals surface area (Å²) in [6.07, 6.45) is 0. The number of aryl methyl sites for hydroxylation is 1. The number of ketones is 1. The molecular weight excluding hydrogens is 349 g/mol. The lowest BCUT2D eigenvalue weighted by Crippen LogP contribution is -2.14. The largest absolute Gasteiger partial charge is 0.358 e. The van der Waals surface area contributed by atoms with E-state index in [9.17, 15) is 4.79 Å². The number of Topliss-reactive ketones (excluding diaryl/α,β-unsaturated/α-hetero) is 1. The Kier molecular flexibility index (Phi) is 4.72. The van der Waals surface area contributed by atoms with E-state index in [-0.39, 0.29) is 11.0 Å². The first-order chi connectivity index (χ1) is 11.0. The normalized spacial score (nSPS) is 12.5. The molecule has 0 aliphatic carbocycles. The van der Waals surface area contributed by atoms with Crippen LogP contribution >= 0.6 is 35.0 Å². The van der Waals surface area contributed by atoms with Gasteiger partial charge in [0.1, 0.15) is 0 Å². The lowest BCUT2D eigenvalue weighted by atomic mass is 10.1. The second-order valence-electron chi connectivity index (χ2n) is 5.35. The van der Waals surface area contributed by atoms with E-state index in [1.54, 1.807) is 18.2 Å². The Bertz CT molecular complexity index is 868. The summed E-state index contributed by atoms with van der Waals surface area (Å²) < 4.78 is 0. The molecule has 1 heterocycles. The summed E-state index contributed by atoms with van der Waals surface area (Å²) in [4.78, 5) is 17.0. The van der Waals surface area contributed by atoms with Crippen LogP contribution in [0.4, 0.5) is 0 Å². The average Bonchev–Trinajstić information content (AvgIpc) is 2.86. The molecule has 1 atom stereocenters. The third kappa shape index (κ3) is 3.14. The van der Waals surface area contributed by atoms with E-state index in [0.29, 0.717) is 10.0 Å². The fraction of sp³-hybridized carbons (Fsp3) is 0.167. The summed E-state index contributed by atoms with van der Waals surface area (Å²) in [5, 5.41) is 1.80. The van der Waals surface area contributed by atoms with Crippen molar-refractivity contribution >= 4 is 51.6 Å². The zero-order valence-corrected chi connectivity index (χ0v) is 15.0. The van der Waals surface area contributed by atoms with E-state index < -0.39 is 0 Å². The molecule has 2 nitrogen and oxygen atoms in total. The number of carbonyl (C=O) groups is 1. The van der Waals surface area contributed by atoms with Crippen LogP contribution in [0.2, 0.25) is 10.0 Å². The number of hydrogen-bond donors (Lipinski definition) is 1. The molecule has 0 fully saturated rings. The number of aromatic amines is 1. The number of rotatable bonds is 4. The van der Waals surface area contributed by atoms with E-state index in [1.165, 1.54) is 11.8 Å². The van der Waals surface area contributed by atoms with Crippen LogP contribution in [0.5, 0.6) is 0 Å². The van der Waals surface area contributed by atoms with Gasteiger partial charge in [-0.05, 0) is 32.0 Å². The van der Waals surface area contributed by atoms with Gasteiger partial charge in [0.05, 0.1) is 15.3 Å². The number of hydrogen-bond acceptors (Lipinski definition) is 2. The van der Waals surface area contributed by atoms with Crippen molar-refractivity contribution < 1.29 is 4.79 Å². The highest BCUT2D eigenvalue weighted by atomic mass is 35.5. The van der Waals surface area contributed by atoms with Crippen LogP contribution in [0.1, 0.15) is 23.0 Å². The van der Waals surface area contributed by atoms with Crippen molar-refractivity contribution in [3.05, 3.63) is 63.8 Å². The molecule has 0 radical (unpaired) electrons. The van der Waals surface area contributed by atoms with Gasteiger partial charge >= 0.3 is 0 Å². The Balaban J connectivity index is 1.95. The second kappa shape index (κ2) is 6.60. The van der Waals surface area contributed by atoms with Gasteiger partial charge in [-0.1, -0.05) is 47.5 Å². The fourth-order valence-corrected chi connectivity index (χ4v) is 4.23. The first-order valence-corrected chi connectivity index (χ1v) is 8.84. The molecule has 5 heteroatoms. The highest BCUT2D eigenvalue weighted by Crippen LogP contribution is 2.38. The number of benzene rings is 2. The third-order valence-corrected chi connectivity index (χ3v) is 5.82. The summed E-state index contributed by atoms with van der Waals surface area (Å²) in [5.74, 6) is 0.0703. The van der Waals surface area contributed by atoms with Gasteiger partial charge in [0.2, 0.25) is 0 Å². The summed E-state index contributed by atoms with van der Waals surface area (Å²) in [6, 6.07) is 13.2. The Morgan fingerprint density at radius 1 is 1.09 bits per heavy atom. The number of aromatic nitrogens is 1. The molecule has 0 saturated carbocycles. The molecule has 0 aliphatic rings. The van der Waals surface area contributed by atoms with Crippen LogP contribution in [0, 0.1) is 6.92 Å². The summed E-state index contributed by atoms with van der Waals surface area (Å²) in [5.41, 5.74) is 2.60. The number of nitrogens with one attached hydrogen (secondary N) is 1. The van der Waals surface area contributed by atoms with Crippen molar-refractivity contribution in [3.63, 3.8) is 0 Å². The van der Waals surface area contributed by atoms with E-state index in [4.69, 9.17) is 23.2 Å². The van der Waals surface area contributed by atoms with Gasteiger partial charge in [-0.3, -0.25) is 4.79 Å². The van der Waals surface area contributed by atoms with Gasteiger partial charge in [-0.15, -0.1) is 11.8 Å². The number of carbonyl (C=O) groups excluding carboxylic acids is 1. The maximum absolute atomic E-state index is 12.9. The summed E-state index contributed by atoms with van der Waals surface area (Å²) in [6.45, 7) is 3.81. The molecule has 3 aromatic rings. The molecule has 0 unspecified atom stereocenters. The van der Waals surface area contributed by atoms with Crippen molar-refractivity contribution in [3.8, 4) is 0 Å². The van der Waals surface area contributed by atoms with E-state index >= 15 is 0 Å². The van der Waals surface area contributed by atoms with Gasteiger partial charge in [0.25, 0.3) is 0 Å². The average molecular weight is 364 g/mol. The van der Waals surface area contributed by atoms with Crippen molar-refractivity contribution in [2.45, 2.75) is 24.0 Å². The molecule has 0 saturated heterocycles.